The summed E-state index contributed by atoms with van der Waals surface area (Å²) in [5, 5.41) is 0.151. The first-order chi connectivity index (χ1) is 14.8. The fourth-order valence-corrected chi connectivity index (χ4v) is 4.97. The van der Waals surface area contributed by atoms with Crippen LogP contribution in [0, 0.1) is 0 Å². The Morgan fingerprint density at radius 1 is 1.19 bits per heavy atom. The molecule has 6 nitrogen and oxygen atoms in total. The largest absolute Gasteiger partial charge is 0.497 e. The first-order valence-electron chi connectivity index (χ1n) is 10.0. The van der Waals surface area contributed by atoms with Crippen molar-refractivity contribution < 1.29 is 19.1 Å². The van der Waals surface area contributed by atoms with Crippen LogP contribution in [0.2, 0.25) is 5.02 Å². The van der Waals surface area contributed by atoms with E-state index in [1.54, 1.807) is 18.1 Å². The molecule has 2 atom stereocenters. The quantitative estimate of drug-likeness (QED) is 0.509. The maximum atomic E-state index is 13.7. The monoisotopic (exact) mass is 498 g/mol. The normalized spacial score (nSPS) is 17.9. The highest BCUT2D eigenvalue weighted by Crippen LogP contribution is 2.47. The van der Waals surface area contributed by atoms with E-state index in [4.69, 9.17) is 21.1 Å². The van der Waals surface area contributed by atoms with E-state index < -0.39 is 17.3 Å². The van der Waals surface area contributed by atoms with Crippen molar-refractivity contribution in [2.45, 2.75) is 29.6 Å². The van der Waals surface area contributed by atoms with Crippen molar-refractivity contribution in [3.05, 3.63) is 53.1 Å². The summed E-state index contributed by atoms with van der Waals surface area (Å²) in [6, 6.07) is 13.0. The molecule has 174 valence electrons. The zero-order chi connectivity index (χ0) is 22.5. The number of thioether (sulfide) groups is 1. The molecule has 0 saturated heterocycles. The van der Waals surface area contributed by atoms with Crippen LogP contribution in [-0.4, -0.2) is 57.2 Å². The molecule has 32 heavy (non-hydrogen) atoms. The van der Waals surface area contributed by atoms with Gasteiger partial charge in [-0.1, -0.05) is 23.7 Å². The Bertz CT molecular complexity index is 940. The third-order valence-corrected chi connectivity index (χ3v) is 6.58. The van der Waals surface area contributed by atoms with E-state index in [2.05, 4.69) is 4.90 Å². The topological polar surface area (TPSA) is 59.1 Å². The van der Waals surface area contributed by atoms with Crippen molar-refractivity contribution in [1.29, 1.82) is 0 Å². The number of halogens is 2. The number of rotatable bonds is 7. The van der Waals surface area contributed by atoms with Gasteiger partial charge in [-0.15, -0.1) is 24.2 Å². The zero-order valence-corrected chi connectivity index (χ0v) is 20.9. The molecular formula is C23H28Cl2N2O4S. The lowest BCUT2D eigenvalue weighted by Crippen LogP contribution is -2.43. The molecule has 2 aromatic carbocycles. The number of carbonyl (C=O) groups is 2. The second-order valence-corrected chi connectivity index (χ2v) is 9.22. The first kappa shape index (κ1) is 26.3. The minimum absolute atomic E-state index is 0. The van der Waals surface area contributed by atoms with Crippen LogP contribution in [0.3, 0.4) is 0 Å². The Morgan fingerprint density at radius 2 is 1.88 bits per heavy atom. The average Bonchev–Trinajstić information content (AvgIpc) is 2.83. The molecule has 0 radical (unpaired) electrons. The van der Waals surface area contributed by atoms with Gasteiger partial charge in [0.05, 0.1) is 18.0 Å². The molecule has 0 spiro atoms. The van der Waals surface area contributed by atoms with E-state index in [9.17, 15) is 9.59 Å². The number of anilines is 1. The minimum Gasteiger partial charge on any atom is -0.497 e. The van der Waals surface area contributed by atoms with E-state index in [1.165, 1.54) is 18.7 Å². The number of nitrogens with zero attached hydrogens (tertiary/aromatic N) is 2. The third kappa shape index (κ3) is 6.32. The van der Waals surface area contributed by atoms with Crippen LogP contribution in [-0.2, 0) is 14.3 Å². The fraction of sp³-hybridized carbons (Fsp3) is 0.391. The van der Waals surface area contributed by atoms with Crippen LogP contribution in [0.4, 0.5) is 5.69 Å². The minimum atomic E-state index is -0.957. The van der Waals surface area contributed by atoms with E-state index in [0.717, 1.165) is 34.9 Å². The molecular weight excluding hydrogens is 471 g/mol. The second kappa shape index (κ2) is 11.8. The predicted molar refractivity (Wildman–Crippen MR) is 131 cm³/mol. The SMILES string of the molecule is COc1ccc(C2Sc3ccc(Cl)cc3N(CCCN(C)C)C(=O)C2OC(C)=O)cc1.Cl. The Morgan fingerprint density at radius 3 is 2.47 bits per heavy atom. The maximum Gasteiger partial charge on any atom is 0.303 e. The molecule has 0 saturated carbocycles. The van der Waals surface area contributed by atoms with Gasteiger partial charge in [-0.05, 0) is 63.0 Å². The number of hydrogen-bond donors (Lipinski definition) is 0. The van der Waals surface area contributed by atoms with Crippen LogP contribution in [0.1, 0.15) is 24.2 Å². The summed E-state index contributed by atoms with van der Waals surface area (Å²) < 4.78 is 10.9. The number of esters is 1. The lowest BCUT2D eigenvalue weighted by atomic mass is 10.1. The smallest absolute Gasteiger partial charge is 0.303 e. The van der Waals surface area contributed by atoms with Gasteiger partial charge in [-0.25, -0.2) is 0 Å². The molecule has 9 heteroatoms. The second-order valence-electron chi connectivity index (χ2n) is 7.60. The van der Waals surface area contributed by atoms with Gasteiger partial charge < -0.3 is 19.3 Å². The van der Waals surface area contributed by atoms with Crippen molar-refractivity contribution in [3.8, 4) is 5.75 Å². The lowest BCUT2D eigenvalue weighted by Gasteiger charge is -2.28. The summed E-state index contributed by atoms with van der Waals surface area (Å²) in [7, 11) is 5.59. The Kier molecular flexibility index (Phi) is 9.70. The molecule has 0 fully saturated rings. The molecule has 2 aromatic rings. The Hall–Kier alpha value is -1.93. The molecule has 1 aliphatic rings. The zero-order valence-electron chi connectivity index (χ0n) is 18.5. The number of carbonyl (C=O) groups excluding carboxylic acids is 2. The molecule has 2 unspecified atom stereocenters. The Labute approximate surface area is 204 Å². The van der Waals surface area contributed by atoms with Crippen LogP contribution < -0.4 is 9.64 Å². The van der Waals surface area contributed by atoms with Gasteiger partial charge in [-0.3, -0.25) is 9.59 Å². The summed E-state index contributed by atoms with van der Waals surface area (Å²) >= 11 is 7.78. The van der Waals surface area contributed by atoms with Gasteiger partial charge in [0.25, 0.3) is 5.91 Å². The highest BCUT2D eigenvalue weighted by molar-refractivity contribution is 7.99. The van der Waals surface area contributed by atoms with Gasteiger partial charge in [0, 0.05) is 23.4 Å². The van der Waals surface area contributed by atoms with E-state index in [1.807, 2.05) is 50.5 Å². The molecule has 0 bridgehead atoms. The average molecular weight is 499 g/mol. The Balaban J connectivity index is 0.00000363. The third-order valence-electron chi connectivity index (χ3n) is 4.97. The lowest BCUT2D eigenvalue weighted by molar-refractivity contribution is -0.152. The van der Waals surface area contributed by atoms with Crippen molar-refractivity contribution in [2.75, 3.05) is 39.2 Å². The molecule has 0 aromatic heterocycles. The molecule has 1 aliphatic heterocycles. The number of hydrogen-bond acceptors (Lipinski definition) is 6. The van der Waals surface area contributed by atoms with E-state index in [0.29, 0.717) is 11.6 Å². The fourth-order valence-electron chi connectivity index (χ4n) is 3.50. The summed E-state index contributed by atoms with van der Waals surface area (Å²) in [5.74, 6) is -0.0202. The van der Waals surface area contributed by atoms with Gasteiger partial charge in [0.15, 0.2) is 6.10 Å². The van der Waals surface area contributed by atoms with E-state index in [-0.39, 0.29) is 18.3 Å². The van der Waals surface area contributed by atoms with Crippen LogP contribution in [0.25, 0.3) is 0 Å². The number of ether oxygens (including phenoxy) is 2. The number of benzene rings is 2. The van der Waals surface area contributed by atoms with Crippen molar-refractivity contribution in [1.82, 2.24) is 4.90 Å². The maximum absolute atomic E-state index is 13.7. The number of fused-ring (bicyclic) bond motifs is 1. The van der Waals surface area contributed by atoms with Crippen molar-refractivity contribution in [2.24, 2.45) is 0 Å². The van der Waals surface area contributed by atoms with Gasteiger partial charge in [0.1, 0.15) is 5.75 Å². The standard InChI is InChI=1S/C23H27ClN2O4S.ClH/c1-15(27)30-21-22(16-6-9-18(29-4)10-7-16)31-20-11-8-17(24)14-19(20)26(23(21)28)13-5-12-25(2)3;/h6-11,14,21-22H,5,12-13H2,1-4H3;1H. The van der Waals surface area contributed by atoms with Crippen molar-refractivity contribution in [3.63, 3.8) is 0 Å². The summed E-state index contributed by atoms with van der Waals surface area (Å²) in [6.45, 7) is 2.65. The van der Waals surface area contributed by atoms with Crippen molar-refractivity contribution >= 4 is 53.3 Å². The summed E-state index contributed by atoms with van der Waals surface area (Å²) in [5.41, 5.74) is 1.62. The summed E-state index contributed by atoms with van der Waals surface area (Å²) in [6.07, 6.45) is -0.184. The van der Waals surface area contributed by atoms with E-state index >= 15 is 0 Å². The van der Waals surface area contributed by atoms with Gasteiger partial charge in [0.2, 0.25) is 0 Å². The number of amides is 1. The molecule has 0 N–H and O–H groups in total. The van der Waals surface area contributed by atoms with Crippen LogP contribution in [0.15, 0.2) is 47.4 Å². The van der Waals surface area contributed by atoms with Gasteiger partial charge in [-0.2, -0.15) is 0 Å². The highest BCUT2D eigenvalue weighted by atomic mass is 35.5. The molecule has 3 rings (SSSR count). The van der Waals surface area contributed by atoms with Crippen LogP contribution in [0.5, 0.6) is 5.75 Å². The molecule has 1 amide bonds. The van der Waals surface area contributed by atoms with Gasteiger partial charge >= 0.3 is 5.97 Å². The molecule has 1 heterocycles. The summed E-state index contributed by atoms with van der Waals surface area (Å²) in [4.78, 5) is 30.3. The predicted octanol–water partition coefficient (Wildman–Crippen LogP) is 4.83. The highest BCUT2D eigenvalue weighted by Gasteiger charge is 2.40. The first-order valence-corrected chi connectivity index (χ1v) is 11.3. The molecule has 0 aliphatic carbocycles. The number of methoxy groups -OCH3 is 1. The van der Waals surface area contributed by atoms with Crippen LogP contribution >= 0.6 is 35.8 Å².